The van der Waals surface area contributed by atoms with Crippen LogP contribution in [0.2, 0.25) is 0 Å². The van der Waals surface area contributed by atoms with Gasteiger partial charge >= 0.3 is 0 Å². The van der Waals surface area contributed by atoms with Crippen LogP contribution in [0.4, 0.5) is 0 Å². The molecule has 2 nitrogen and oxygen atoms in total. The largest absolute Gasteiger partial charge is 0.497 e. The molecule has 1 aliphatic rings. The topological polar surface area (TPSA) is 29.5 Å². The van der Waals surface area contributed by atoms with E-state index in [0.717, 1.165) is 24.2 Å². The SMILES string of the molecule is COc1cccc(C(C)(O)C2CCCCCC2)c1. The van der Waals surface area contributed by atoms with Gasteiger partial charge in [0.2, 0.25) is 0 Å². The monoisotopic (exact) mass is 248 g/mol. The van der Waals surface area contributed by atoms with Gasteiger partial charge in [-0.3, -0.25) is 0 Å². The summed E-state index contributed by atoms with van der Waals surface area (Å²) < 4.78 is 5.25. The van der Waals surface area contributed by atoms with Crippen LogP contribution in [-0.2, 0) is 5.60 Å². The molecule has 0 spiro atoms. The van der Waals surface area contributed by atoms with Crippen molar-refractivity contribution in [2.75, 3.05) is 7.11 Å². The van der Waals surface area contributed by atoms with Crippen LogP contribution in [0.5, 0.6) is 5.75 Å². The third-order valence-corrected chi connectivity index (χ3v) is 4.30. The summed E-state index contributed by atoms with van der Waals surface area (Å²) in [5.74, 6) is 1.19. The minimum atomic E-state index is -0.737. The number of aliphatic hydroxyl groups is 1. The molecule has 0 bridgehead atoms. The van der Waals surface area contributed by atoms with Crippen molar-refractivity contribution in [3.05, 3.63) is 29.8 Å². The van der Waals surface area contributed by atoms with Crippen molar-refractivity contribution in [1.82, 2.24) is 0 Å². The Bertz CT molecular complexity index is 376. The number of benzene rings is 1. The number of methoxy groups -OCH3 is 1. The molecular weight excluding hydrogens is 224 g/mol. The lowest BCUT2D eigenvalue weighted by Gasteiger charge is -2.33. The van der Waals surface area contributed by atoms with E-state index in [9.17, 15) is 5.11 Å². The molecule has 0 aromatic heterocycles. The molecule has 0 amide bonds. The zero-order valence-electron chi connectivity index (χ0n) is 11.5. The van der Waals surface area contributed by atoms with Crippen LogP contribution < -0.4 is 4.74 Å². The number of hydrogen-bond donors (Lipinski definition) is 1. The van der Waals surface area contributed by atoms with Crippen LogP contribution in [0.25, 0.3) is 0 Å². The second kappa shape index (κ2) is 5.75. The predicted octanol–water partition coefficient (Wildman–Crippen LogP) is 3.87. The van der Waals surface area contributed by atoms with Crippen molar-refractivity contribution in [1.29, 1.82) is 0 Å². The fourth-order valence-corrected chi connectivity index (χ4v) is 3.02. The molecule has 0 aliphatic heterocycles. The molecule has 1 fully saturated rings. The molecule has 0 saturated heterocycles. The molecule has 1 aliphatic carbocycles. The Morgan fingerprint density at radius 3 is 2.44 bits per heavy atom. The maximum atomic E-state index is 10.9. The fourth-order valence-electron chi connectivity index (χ4n) is 3.02. The van der Waals surface area contributed by atoms with Crippen molar-refractivity contribution < 1.29 is 9.84 Å². The van der Waals surface area contributed by atoms with Crippen LogP contribution >= 0.6 is 0 Å². The third-order valence-electron chi connectivity index (χ3n) is 4.30. The Morgan fingerprint density at radius 2 is 1.83 bits per heavy atom. The fraction of sp³-hybridized carbons (Fsp3) is 0.625. The van der Waals surface area contributed by atoms with Crippen molar-refractivity contribution >= 4 is 0 Å². The second-order valence-electron chi connectivity index (χ2n) is 5.57. The summed E-state index contributed by atoms with van der Waals surface area (Å²) in [5, 5.41) is 10.9. The maximum absolute atomic E-state index is 10.9. The first-order valence-electron chi connectivity index (χ1n) is 7.01. The first kappa shape index (κ1) is 13.4. The molecule has 2 rings (SSSR count). The Labute approximate surface area is 110 Å². The molecule has 1 saturated carbocycles. The normalized spacial score (nSPS) is 21.1. The van der Waals surface area contributed by atoms with Crippen LogP contribution in [0.1, 0.15) is 51.0 Å². The van der Waals surface area contributed by atoms with Crippen molar-refractivity contribution in [2.24, 2.45) is 5.92 Å². The van der Waals surface area contributed by atoms with Gasteiger partial charge in [0.1, 0.15) is 5.75 Å². The van der Waals surface area contributed by atoms with Crippen molar-refractivity contribution in [3.8, 4) is 5.75 Å². The summed E-state index contributed by atoms with van der Waals surface area (Å²) in [7, 11) is 1.67. The summed E-state index contributed by atoms with van der Waals surface area (Å²) >= 11 is 0. The van der Waals surface area contributed by atoms with E-state index < -0.39 is 5.60 Å². The van der Waals surface area contributed by atoms with E-state index in [0.29, 0.717) is 5.92 Å². The molecule has 1 aromatic rings. The zero-order chi connectivity index (χ0) is 13.0. The highest BCUT2D eigenvalue weighted by atomic mass is 16.5. The van der Waals surface area contributed by atoms with Gasteiger partial charge in [-0.25, -0.2) is 0 Å². The third kappa shape index (κ3) is 2.86. The molecule has 18 heavy (non-hydrogen) atoms. The van der Waals surface area contributed by atoms with Crippen LogP contribution in [0, 0.1) is 5.92 Å². The summed E-state index contributed by atoms with van der Waals surface area (Å²) in [5.41, 5.74) is 0.243. The van der Waals surface area contributed by atoms with Crippen LogP contribution in [0.15, 0.2) is 24.3 Å². The first-order chi connectivity index (χ1) is 8.64. The van der Waals surface area contributed by atoms with Gasteiger partial charge in [0, 0.05) is 0 Å². The number of ether oxygens (including phenoxy) is 1. The lowest BCUT2D eigenvalue weighted by molar-refractivity contribution is -0.0127. The Morgan fingerprint density at radius 1 is 1.17 bits per heavy atom. The van der Waals surface area contributed by atoms with Gasteiger partial charge in [0.25, 0.3) is 0 Å². The average Bonchev–Trinajstić information content (AvgIpc) is 2.68. The van der Waals surface area contributed by atoms with E-state index >= 15 is 0 Å². The Hall–Kier alpha value is -1.02. The minimum absolute atomic E-state index is 0.368. The van der Waals surface area contributed by atoms with Gasteiger partial charge in [-0.15, -0.1) is 0 Å². The van der Waals surface area contributed by atoms with E-state index in [-0.39, 0.29) is 0 Å². The summed E-state index contributed by atoms with van der Waals surface area (Å²) in [6.07, 6.45) is 7.36. The average molecular weight is 248 g/mol. The van der Waals surface area contributed by atoms with Gasteiger partial charge in [0.15, 0.2) is 0 Å². The molecule has 2 heteroatoms. The first-order valence-corrected chi connectivity index (χ1v) is 7.01. The molecule has 1 unspecified atom stereocenters. The summed E-state index contributed by atoms with van der Waals surface area (Å²) in [6, 6.07) is 7.85. The smallest absolute Gasteiger partial charge is 0.119 e. The second-order valence-corrected chi connectivity index (χ2v) is 5.57. The summed E-state index contributed by atoms with van der Waals surface area (Å²) in [6.45, 7) is 1.96. The molecule has 0 heterocycles. The maximum Gasteiger partial charge on any atom is 0.119 e. The minimum Gasteiger partial charge on any atom is -0.497 e. The zero-order valence-corrected chi connectivity index (χ0v) is 11.5. The molecular formula is C16H24O2. The molecule has 1 N–H and O–H groups in total. The van der Waals surface area contributed by atoms with Crippen molar-refractivity contribution in [2.45, 2.75) is 51.0 Å². The van der Waals surface area contributed by atoms with E-state index in [1.807, 2.05) is 31.2 Å². The molecule has 1 aromatic carbocycles. The predicted molar refractivity (Wildman–Crippen MR) is 73.8 cm³/mol. The standard InChI is InChI=1S/C16H24O2/c1-16(17,13-8-5-3-4-6-9-13)14-10-7-11-15(12-14)18-2/h7,10-13,17H,3-6,8-9H2,1-2H3. The van der Waals surface area contributed by atoms with Gasteiger partial charge < -0.3 is 9.84 Å². The lowest BCUT2D eigenvalue weighted by atomic mass is 9.78. The van der Waals surface area contributed by atoms with E-state index in [4.69, 9.17) is 4.74 Å². The van der Waals surface area contributed by atoms with Gasteiger partial charge in [-0.2, -0.15) is 0 Å². The van der Waals surface area contributed by atoms with Gasteiger partial charge in [-0.1, -0.05) is 37.8 Å². The van der Waals surface area contributed by atoms with E-state index in [1.54, 1.807) is 7.11 Å². The van der Waals surface area contributed by atoms with E-state index in [2.05, 4.69) is 0 Å². The van der Waals surface area contributed by atoms with Gasteiger partial charge in [-0.05, 0) is 43.4 Å². The Balaban J connectivity index is 2.21. The lowest BCUT2D eigenvalue weighted by Crippen LogP contribution is -2.31. The number of rotatable bonds is 3. The molecule has 100 valence electrons. The van der Waals surface area contributed by atoms with Crippen LogP contribution in [0.3, 0.4) is 0 Å². The quantitative estimate of drug-likeness (QED) is 0.823. The number of hydrogen-bond acceptors (Lipinski definition) is 2. The van der Waals surface area contributed by atoms with Crippen LogP contribution in [-0.4, -0.2) is 12.2 Å². The van der Waals surface area contributed by atoms with Gasteiger partial charge in [0.05, 0.1) is 12.7 Å². The highest BCUT2D eigenvalue weighted by Gasteiger charge is 2.33. The molecule has 0 radical (unpaired) electrons. The molecule has 1 atom stereocenters. The Kier molecular flexibility index (Phi) is 4.28. The highest BCUT2D eigenvalue weighted by molar-refractivity contribution is 5.32. The van der Waals surface area contributed by atoms with Crippen molar-refractivity contribution in [3.63, 3.8) is 0 Å². The summed E-state index contributed by atoms with van der Waals surface area (Å²) in [4.78, 5) is 0. The van der Waals surface area contributed by atoms with E-state index in [1.165, 1.54) is 25.7 Å². The highest BCUT2D eigenvalue weighted by Crippen LogP contribution is 2.39.